The number of anilines is 2. The summed E-state index contributed by atoms with van der Waals surface area (Å²) >= 11 is 0. The molecule has 2 aromatic rings. The molecule has 0 atom stereocenters. The van der Waals surface area contributed by atoms with E-state index in [-0.39, 0.29) is 5.91 Å². The van der Waals surface area contributed by atoms with Crippen LogP contribution in [0.4, 0.5) is 11.4 Å². The number of amides is 1. The average molecular weight is 405 g/mol. The molecule has 0 saturated carbocycles. The van der Waals surface area contributed by atoms with Gasteiger partial charge in [-0.2, -0.15) is 5.26 Å². The number of likely N-dealkylation sites (N-methyl/N-ethyl adjacent to an activating group) is 1. The average Bonchev–Trinajstić information content (AvgIpc) is 2.76. The topological polar surface area (TPSA) is 59.4 Å². The Morgan fingerprint density at radius 2 is 1.90 bits per heavy atom. The van der Waals surface area contributed by atoms with E-state index in [1.807, 2.05) is 38.1 Å². The molecule has 2 rings (SSSR count). The molecule has 5 heteroatoms. The van der Waals surface area contributed by atoms with E-state index in [2.05, 4.69) is 48.3 Å². The largest absolute Gasteiger partial charge is 0.382 e. The molecule has 0 bridgehead atoms. The monoisotopic (exact) mass is 404 g/mol. The number of benzene rings is 2. The second kappa shape index (κ2) is 11.1. The van der Waals surface area contributed by atoms with Gasteiger partial charge in [0, 0.05) is 32.2 Å². The van der Waals surface area contributed by atoms with Gasteiger partial charge in [0.2, 0.25) is 0 Å². The molecule has 5 nitrogen and oxygen atoms in total. The molecular formula is C25H32N4O. The molecule has 0 radical (unpaired) electrons. The lowest BCUT2D eigenvalue weighted by atomic mass is 10.0. The molecule has 158 valence electrons. The van der Waals surface area contributed by atoms with Crippen molar-refractivity contribution in [1.29, 1.82) is 5.26 Å². The SMILES string of the molecule is C/C=C\N(C)c1ccc(C(C)C)cc1NCCN(CC)C(=O)c1ccc(C#N)cc1. The van der Waals surface area contributed by atoms with Crippen molar-refractivity contribution in [2.45, 2.75) is 33.6 Å². The molecular weight excluding hydrogens is 372 g/mol. The second-order valence-electron chi connectivity index (χ2n) is 7.53. The van der Waals surface area contributed by atoms with Crippen LogP contribution in [0.2, 0.25) is 0 Å². The molecule has 0 spiro atoms. The zero-order valence-electron chi connectivity index (χ0n) is 18.6. The fourth-order valence-corrected chi connectivity index (χ4v) is 3.26. The zero-order chi connectivity index (χ0) is 22.1. The first kappa shape index (κ1) is 23.0. The van der Waals surface area contributed by atoms with Gasteiger partial charge in [-0.05, 0) is 67.9 Å². The van der Waals surface area contributed by atoms with E-state index in [0.717, 1.165) is 11.4 Å². The first-order valence-electron chi connectivity index (χ1n) is 10.4. The molecule has 30 heavy (non-hydrogen) atoms. The number of nitrogens with one attached hydrogen (secondary N) is 1. The summed E-state index contributed by atoms with van der Waals surface area (Å²) < 4.78 is 0. The number of hydrogen-bond donors (Lipinski definition) is 1. The van der Waals surface area contributed by atoms with Gasteiger partial charge in [-0.25, -0.2) is 0 Å². The lowest BCUT2D eigenvalue weighted by Gasteiger charge is -2.24. The zero-order valence-corrected chi connectivity index (χ0v) is 18.6. The van der Waals surface area contributed by atoms with E-state index in [9.17, 15) is 4.79 Å². The minimum atomic E-state index is -0.0222. The van der Waals surface area contributed by atoms with Gasteiger partial charge in [-0.15, -0.1) is 0 Å². The second-order valence-corrected chi connectivity index (χ2v) is 7.53. The van der Waals surface area contributed by atoms with Crippen molar-refractivity contribution in [3.05, 3.63) is 71.4 Å². The Kier molecular flexibility index (Phi) is 8.49. The third-order valence-electron chi connectivity index (χ3n) is 5.07. The summed E-state index contributed by atoms with van der Waals surface area (Å²) in [5.41, 5.74) is 4.59. The molecule has 0 heterocycles. The summed E-state index contributed by atoms with van der Waals surface area (Å²) in [6, 6.07) is 15.4. The standard InChI is InChI=1S/C25H32N4O/c1-6-15-28(5)24-13-12-22(19(3)4)17-23(24)27-14-16-29(7-2)25(30)21-10-8-20(18-26)9-11-21/h6,8-13,15,17,19,27H,7,14,16H2,1-5H3/b15-6-. The van der Waals surface area contributed by atoms with E-state index in [0.29, 0.717) is 36.7 Å². The van der Waals surface area contributed by atoms with Crippen LogP contribution in [0.3, 0.4) is 0 Å². The molecule has 1 amide bonds. The molecule has 0 aromatic heterocycles. The Balaban J connectivity index is 2.11. The van der Waals surface area contributed by atoms with Gasteiger partial charge in [-0.1, -0.05) is 26.0 Å². The van der Waals surface area contributed by atoms with Crippen LogP contribution in [0.1, 0.15) is 55.1 Å². The number of nitriles is 1. The van der Waals surface area contributed by atoms with Crippen molar-refractivity contribution in [2.24, 2.45) is 0 Å². The van der Waals surface area contributed by atoms with Crippen LogP contribution in [-0.4, -0.2) is 37.5 Å². The lowest BCUT2D eigenvalue weighted by molar-refractivity contribution is 0.0770. The normalized spacial score (nSPS) is 10.8. The predicted molar refractivity (Wildman–Crippen MR) is 125 cm³/mol. The Labute approximate surface area is 180 Å². The Hall–Kier alpha value is -3.26. The quantitative estimate of drug-likeness (QED) is 0.622. The molecule has 0 unspecified atom stereocenters. The van der Waals surface area contributed by atoms with Gasteiger partial charge in [0.15, 0.2) is 0 Å². The van der Waals surface area contributed by atoms with Crippen LogP contribution in [0.5, 0.6) is 0 Å². The smallest absolute Gasteiger partial charge is 0.253 e. The van der Waals surface area contributed by atoms with E-state index < -0.39 is 0 Å². The van der Waals surface area contributed by atoms with Crippen LogP contribution in [0, 0.1) is 11.3 Å². The summed E-state index contributed by atoms with van der Waals surface area (Å²) in [5, 5.41) is 12.5. The van der Waals surface area contributed by atoms with Gasteiger partial charge in [-0.3, -0.25) is 4.79 Å². The fourth-order valence-electron chi connectivity index (χ4n) is 3.26. The Bertz CT molecular complexity index is 910. The summed E-state index contributed by atoms with van der Waals surface area (Å²) in [7, 11) is 2.03. The maximum absolute atomic E-state index is 12.8. The molecule has 0 saturated heterocycles. The number of allylic oxidation sites excluding steroid dienone is 1. The molecule has 0 aliphatic carbocycles. The van der Waals surface area contributed by atoms with Crippen LogP contribution >= 0.6 is 0 Å². The third-order valence-corrected chi connectivity index (χ3v) is 5.07. The van der Waals surface area contributed by atoms with Gasteiger partial charge >= 0.3 is 0 Å². The maximum Gasteiger partial charge on any atom is 0.253 e. The van der Waals surface area contributed by atoms with Gasteiger partial charge in [0.05, 0.1) is 23.0 Å². The predicted octanol–water partition coefficient (Wildman–Crippen LogP) is 5.23. The van der Waals surface area contributed by atoms with E-state index in [1.54, 1.807) is 24.3 Å². The fraction of sp³-hybridized carbons (Fsp3) is 0.360. The highest BCUT2D eigenvalue weighted by Crippen LogP contribution is 2.29. The summed E-state index contributed by atoms with van der Waals surface area (Å²) in [6.07, 6.45) is 4.04. The summed E-state index contributed by atoms with van der Waals surface area (Å²) in [6.45, 7) is 10.2. The van der Waals surface area contributed by atoms with Crippen LogP contribution in [0.15, 0.2) is 54.7 Å². The Morgan fingerprint density at radius 1 is 1.20 bits per heavy atom. The van der Waals surface area contributed by atoms with E-state index in [1.165, 1.54) is 5.56 Å². The lowest BCUT2D eigenvalue weighted by Crippen LogP contribution is -2.35. The van der Waals surface area contributed by atoms with E-state index >= 15 is 0 Å². The van der Waals surface area contributed by atoms with Crippen molar-refractivity contribution >= 4 is 17.3 Å². The summed E-state index contributed by atoms with van der Waals surface area (Å²) in [4.78, 5) is 16.7. The molecule has 0 aliphatic rings. The van der Waals surface area contributed by atoms with Gasteiger partial charge < -0.3 is 15.1 Å². The van der Waals surface area contributed by atoms with Crippen molar-refractivity contribution in [3.8, 4) is 6.07 Å². The highest BCUT2D eigenvalue weighted by molar-refractivity contribution is 5.94. The highest BCUT2D eigenvalue weighted by Gasteiger charge is 2.15. The minimum Gasteiger partial charge on any atom is -0.382 e. The van der Waals surface area contributed by atoms with E-state index in [4.69, 9.17) is 5.26 Å². The third kappa shape index (κ3) is 5.87. The van der Waals surface area contributed by atoms with Crippen LogP contribution in [-0.2, 0) is 0 Å². The summed E-state index contributed by atoms with van der Waals surface area (Å²) in [5.74, 6) is 0.419. The number of nitrogens with zero attached hydrogens (tertiary/aromatic N) is 3. The minimum absolute atomic E-state index is 0.0222. The number of rotatable bonds is 9. The number of carbonyl (C=O) groups is 1. The maximum atomic E-state index is 12.8. The number of carbonyl (C=O) groups excluding carboxylic acids is 1. The van der Waals surface area contributed by atoms with Crippen molar-refractivity contribution in [2.75, 3.05) is 36.9 Å². The van der Waals surface area contributed by atoms with Crippen LogP contribution < -0.4 is 10.2 Å². The molecule has 0 fully saturated rings. The molecule has 2 aromatic carbocycles. The molecule has 0 aliphatic heterocycles. The Morgan fingerprint density at radius 3 is 2.47 bits per heavy atom. The first-order chi connectivity index (χ1) is 14.4. The first-order valence-corrected chi connectivity index (χ1v) is 10.4. The van der Waals surface area contributed by atoms with Crippen molar-refractivity contribution < 1.29 is 4.79 Å². The van der Waals surface area contributed by atoms with Gasteiger partial charge in [0.25, 0.3) is 5.91 Å². The highest BCUT2D eigenvalue weighted by atomic mass is 16.2. The number of hydrogen-bond acceptors (Lipinski definition) is 4. The van der Waals surface area contributed by atoms with Crippen molar-refractivity contribution in [1.82, 2.24) is 4.90 Å². The molecule has 1 N–H and O–H groups in total. The van der Waals surface area contributed by atoms with Gasteiger partial charge in [0.1, 0.15) is 0 Å². The van der Waals surface area contributed by atoms with Crippen molar-refractivity contribution in [3.63, 3.8) is 0 Å². The van der Waals surface area contributed by atoms with Crippen LogP contribution in [0.25, 0.3) is 0 Å².